The zero-order chi connectivity index (χ0) is 17.8. The summed E-state index contributed by atoms with van der Waals surface area (Å²) in [4.78, 5) is 4.23. The molecule has 5 nitrogen and oxygen atoms in total. The maximum atomic E-state index is 5.68. The topological polar surface area (TPSA) is 54.9 Å². The van der Waals surface area contributed by atoms with Gasteiger partial charge in [0.05, 0.1) is 12.2 Å². The lowest BCUT2D eigenvalue weighted by atomic mass is 10.1. The maximum absolute atomic E-state index is 5.68. The Morgan fingerprint density at radius 3 is 2.40 bits per heavy atom. The van der Waals surface area contributed by atoms with Crippen molar-refractivity contribution in [1.82, 2.24) is 10.6 Å². The predicted molar refractivity (Wildman–Crippen MR) is 116 cm³/mol. The highest BCUT2D eigenvalue weighted by Crippen LogP contribution is 2.13. The van der Waals surface area contributed by atoms with Gasteiger partial charge in [-0.25, -0.2) is 0 Å². The minimum atomic E-state index is -0.217. The third-order valence-electron chi connectivity index (χ3n) is 3.85. The Labute approximate surface area is 170 Å². The van der Waals surface area contributed by atoms with Gasteiger partial charge >= 0.3 is 0 Å². The Bertz CT molecular complexity index is 490. The van der Waals surface area contributed by atoms with Crippen molar-refractivity contribution in [3.05, 3.63) is 29.8 Å². The van der Waals surface area contributed by atoms with Crippen molar-refractivity contribution in [2.24, 2.45) is 4.99 Å². The highest BCUT2D eigenvalue weighted by atomic mass is 127. The molecular weight excluding hydrogens is 429 g/mol. The maximum Gasteiger partial charge on any atom is 0.191 e. The molecule has 0 aliphatic heterocycles. The van der Waals surface area contributed by atoms with Crippen molar-refractivity contribution in [3.63, 3.8) is 0 Å². The highest BCUT2D eigenvalue weighted by Gasteiger charge is 2.16. The summed E-state index contributed by atoms with van der Waals surface area (Å²) in [6, 6.07) is 8.32. The number of methoxy groups -OCH3 is 1. The number of halogens is 1. The van der Waals surface area contributed by atoms with E-state index in [-0.39, 0.29) is 29.6 Å². The summed E-state index contributed by atoms with van der Waals surface area (Å²) in [6.07, 6.45) is 3.18. The summed E-state index contributed by atoms with van der Waals surface area (Å²) in [5.41, 5.74) is 1.06. The van der Waals surface area contributed by atoms with Crippen molar-refractivity contribution < 1.29 is 9.47 Å². The Balaban J connectivity index is 0.00000576. The van der Waals surface area contributed by atoms with E-state index in [9.17, 15) is 0 Å². The number of hydrogen-bond acceptors (Lipinski definition) is 3. The molecule has 0 amide bonds. The molecule has 0 radical (unpaired) electrons. The van der Waals surface area contributed by atoms with E-state index in [4.69, 9.17) is 9.47 Å². The molecule has 0 saturated carbocycles. The fourth-order valence-corrected chi connectivity index (χ4v) is 2.00. The van der Waals surface area contributed by atoms with Gasteiger partial charge in [-0.15, -0.1) is 24.0 Å². The minimum Gasteiger partial charge on any atom is -0.494 e. The summed E-state index contributed by atoms with van der Waals surface area (Å²) in [6.45, 7) is 8.56. The van der Waals surface area contributed by atoms with Crippen LogP contribution in [-0.4, -0.2) is 45.4 Å². The number of nitrogens with zero attached hydrogens (tertiary/aromatic N) is 1. The molecule has 6 heteroatoms. The fourth-order valence-electron chi connectivity index (χ4n) is 2.00. The Hall–Kier alpha value is -1.02. The minimum absolute atomic E-state index is 0. The number of nitrogens with one attached hydrogen (secondary N) is 2. The van der Waals surface area contributed by atoms with Gasteiger partial charge in [-0.05, 0) is 44.4 Å². The summed E-state index contributed by atoms with van der Waals surface area (Å²) >= 11 is 0. The Morgan fingerprint density at radius 1 is 1.16 bits per heavy atom. The Kier molecular flexibility index (Phi) is 12.7. The molecule has 0 aromatic heterocycles. The van der Waals surface area contributed by atoms with E-state index < -0.39 is 0 Å². The van der Waals surface area contributed by atoms with Crippen LogP contribution in [0.5, 0.6) is 5.75 Å². The number of unbranched alkanes of at least 4 members (excludes halogenated alkanes) is 1. The molecule has 0 aliphatic carbocycles. The van der Waals surface area contributed by atoms with E-state index >= 15 is 0 Å². The second kappa shape index (κ2) is 13.2. The SMILES string of the molecule is CCCCOc1ccc(CCNC(=NC)NCC(C)(C)OC)cc1.I. The van der Waals surface area contributed by atoms with Crippen molar-refractivity contribution in [2.75, 3.05) is 33.9 Å². The van der Waals surface area contributed by atoms with Crippen LogP contribution >= 0.6 is 24.0 Å². The molecule has 0 aliphatic rings. The molecule has 2 N–H and O–H groups in total. The number of benzene rings is 1. The lowest BCUT2D eigenvalue weighted by Gasteiger charge is -2.24. The number of rotatable bonds is 10. The predicted octanol–water partition coefficient (Wildman–Crippen LogP) is 3.62. The van der Waals surface area contributed by atoms with Crippen LogP contribution in [0.25, 0.3) is 0 Å². The monoisotopic (exact) mass is 463 g/mol. The largest absolute Gasteiger partial charge is 0.494 e. The van der Waals surface area contributed by atoms with Crippen LogP contribution < -0.4 is 15.4 Å². The van der Waals surface area contributed by atoms with Crippen molar-refractivity contribution >= 4 is 29.9 Å². The van der Waals surface area contributed by atoms with Gasteiger partial charge in [-0.2, -0.15) is 0 Å². The zero-order valence-electron chi connectivity index (χ0n) is 16.2. The number of ether oxygens (including phenoxy) is 2. The zero-order valence-corrected chi connectivity index (χ0v) is 18.6. The van der Waals surface area contributed by atoms with Crippen LogP contribution in [0.3, 0.4) is 0 Å². The fraction of sp³-hybridized carbons (Fsp3) is 0.632. The quantitative estimate of drug-likeness (QED) is 0.241. The summed E-state index contributed by atoms with van der Waals surface area (Å²) < 4.78 is 11.1. The normalized spacial score (nSPS) is 11.6. The molecular formula is C19H34IN3O2. The van der Waals surface area contributed by atoms with Gasteiger partial charge in [0.15, 0.2) is 5.96 Å². The van der Waals surface area contributed by atoms with Gasteiger partial charge in [0.1, 0.15) is 5.75 Å². The molecule has 1 rings (SSSR count). The van der Waals surface area contributed by atoms with Gasteiger partial charge < -0.3 is 20.1 Å². The van der Waals surface area contributed by atoms with Crippen molar-refractivity contribution in [3.8, 4) is 5.75 Å². The smallest absolute Gasteiger partial charge is 0.191 e. The lowest BCUT2D eigenvalue weighted by molar-refractivity contribution is 0.0268. The first-order valence-corrected chi connectivity index (χ1v) is 8.72. The van der Waals surface area contributed by atoms with Gasteiger partial charge in [-0.1, -0.05) is 25.5 Å². The van der Waals surface area contributed by atoms with Crippen LogP contribution in [-0.2, 0) is 11.2 Å². The van der Waals surface area contributed by atoms with E-state index in [0.29, 0.717) is 6.54 Å². The molecule has 0 atom stereocenters. The second-order valence-corrected chi connectivity index (χ2v) is 6.41. The highest BCUT2D eigenvalue weighted by molar-refractivity contribution is 14.0. The first kappa shape index (κ1) is 24.0. The van der Waals surface area contributed by atoms with E-state index in [1.807, 2.05) is 26.0 Å². The summed E-state index contributed by atoms with van der Waals surface area (Å²) in [5, 5.41) is 6.60. The third-order valence-corrected chi connectivity index (χ3v) is 3.85. The molecule has 0 bridgehead atoms. The molecule has 1 aromatic carbocycles. The molecule has 1 aromatic rings. The summed E-state index contributed by atoms with van der Waals surface area (Å²) in [5.74, 6) is 1.74. The molecule has 0 saturated heterocycles. The molecule has 25 heavy (non-hydrogen) atoms. The average molecular weight is 463 g/mol. The van der Waals surface area contributed by atoms with Crippen LogP contribution in [0.1, 0.15) is 39.2 Å². The van der Waals surface area contributed by atoms with Crippen LogP contribution in [0.2, 0.25) is 0 Å². The van der Waals surface area contributed by atoms with E-state index in [1.165, 1.54) is 5.56 Å². The van der Waals surface area contributed by atoms with Gasteiger partial charge in [0.25, 0.3) is 0 Å². The second-order valence-electron chi connectivity index (χ2n) is 6.41. The van der Waals surface area contributed by atoms with E-state index in [2.05, 4.69) is 34.7 Å². The lowest BCUT2D eigenvalue weighted by Crippen LogP contribution is -2.45. The number of hydrogen-bond donors (Lipinski definition) is 2. The third kappa shape index (κ3) is 10.5. The molecule has 144 valence electrons. The Morgan fingerprint density at radius 2 is 1.84 bits per heavy atom. The van der Waals surface area contributed by atoms with Gasteiger partial charge in [0.2, 0.25) is 0 Å². The van der Waals surface area contributed by atoms with Crippen molar-refractivity contribution in [2.45, 2.75) is 45.6 Å². The molecule has 0 unspecified atom stereocenters. The van der Waals surface area contributed by atoms with Crippen LogP contribution in [0.15, 0.2) is 29.3 Å². The van der Waals surface area contributed by atoms with Crippen LogP contribution in [0, 0.1) is 0 Å². The summed E-state index contributed by atoms with van der Waals surface area (Å²) in [7, 11) is 3.49. The average Bonchev–Trinajstić information content (AvgIpc) is 2.59. The molecule has 0 fully saturated rings. The van der Waals surface area contributed by atoms with Gasteiger partial charge in [0, 0.05) is 27.2 Å². The number of aliphatic imine (C=N–C) groups is 1. The van der Waals surface area contributed by atoms with Crippen LogP contribution in [0.4, 0.5) is 0 Å². The van der Waals surface area contributed by atoms with E-state index in [1.54, 1.807) is 14.2 Å². The van der Waals surface area contributed by atoms with Gasteiger partial charge in [-0.3, -0.25) is 4.99 Å². The standard InChI is InChI=1S/C19H33N3O2.HI/c1-6-7-14-24-17-10-8-16(9-11-17)12-13-21-18(20-4)22-15-19(2,3)23-5;/h8-11H,6-7,12-15H2,1-5H3,(H2,20,21,22);1H. The first-order chi connectivity index (χ1) is 11.5. The first-order valence-electron chi connectivity index (χ1n) is 8.72. The molecule has 0 heterocycles. The van der Waals surface area contributed by atoms with Crippen molar-refractivity contribution in [1.29, 1.82) is 0 Å². The van der Waals surface area contributed by atoms with E-state index in [0.717, 1.165) is 44.1 Å². The molecule has 0 spiro atoms. The number of guanidine groups is 1.